The molecular weight excluding hydrogens is 276 g/mol. The third-order valence-corrected chi connectivity index (χ3v) is 3.67. The van der Waals surface area contributed by atoms with Crippen LogP contribution in [0.2, 0.25) is 0 Å². The van der Waals surface area contributed by atoms with Crippen LogP contribution in [-0.2, 0) is 14.8 Å². The molecule has 0 aromatic carbocycles. The summed E-state index contributed by atoms with van der Waals surface area (Å²) in [6, 6.07) is -0.0891. The number of nitrogens with zero attached hydrogens (tertiary/aromatic N) is 1. The van der Waals surface area contributed by atoms with Crippen LogP contribution >= 0.6 is 0 Å². The number of hydrogen-bond acceptors (Lipinski definition) is 5. The van der Waals surface area contributed by atoms with Crippen LogP contribution < -0.4 is 5.14 Å². The molecule has 0 bridgehead atoms. The van der Waals surface area contributed by atoms with Crippen LogP contribution in [0, 0.1) is 6.92 Å². The van der Waals surface area contributed by atoms with Gasteiger partial charge in [0, 0.05) is 13.1 Å². The number of carbonyl (C=O) groups excluding carboxylic acids is 1. The van der Waals surface area contributed by atoms with Crippen LogP contribution in [0.15, 0.2) is 15.4 Å². The van der Waals surface area contributed by atoms with Gasteiger partial charge in [-0.3, -0.25) is 4.79 Å². The van der Waals surface area contributed by atoms with E-state index in [2.05, 4.69) is 0 Å². The first-order valence-corrected chi connectivity index (χ1v) is 6.73. The summed E-state index contributed by atoms with van der Waals surface area (Å²) in [4.78, 5) is 23.3. The lowest BCUT2D eigenvalue weighted by Crippen LogP contribution is -2.40. The van der Waals surface area contributed by atoms with Crippen LogP contribution in [0.1, 0.15) is 23.2 Å². The highest BCUT2D eigenvalue weighted by Crippen LogP contribution is 2.20. The summed E-state index contributed by atoms with van der Waals surface area (Å²) in [7, 11) is -2.72. The summed E-state index contributed by atoms with van der Waals surface area (Å²) in [5.74, 6) is -2.24. The molecular formula is C10H14N2O6S. The molecule has 0 saturated heterocycles. The van der Waals surface area contributed by atoms with Gasteiger partial charge in [0.05, 0.1) is 0 Å². The van der Waals surface area contributed by atoms with E-state index in [0.29, 0.717) is 0 Å². The van der Waals surface area contributed by atoms with E-state index < -0.39 is 27.9 Å². The summed E-state index contributed by atoms with van der Waals surface area (Å²) in [6.07, 6.45) is 0. The van der Waals surface area contributed by atoms with Gasteiger partial charge in [0.2, 0.25) is 10.0 Å². The van der Waals surface area contributed by atoms with Gasteiger partial charge in [-0.15, -0.1) is 0 Å². The number of amides is 1. The predicted molar refractivity (Wildman–Crippen MR) is 64.0 cm³/mol. The molecule has 1 atom stereocenters. The second-order valence-corrected chi connectivity index (χ2v) is 5.54. The number of aliphatic carboxylic acids is 1. The summed E-state index contributed by atoms with van der Waals surface area (Å²) in [5.41, 5.74) is 0. The first kappa shape index (κ1) is 15.2. The Bertz CT molecular complexity index is 618. The second-order valence-electron chi connectivity index (χ2n) is 4.01. The van der Waals surface area contributed by atoms with E-state index in [4.69, 9.17) is 14.7 Å². The molecule has 3 N–H and O–H groups in total. The molecule has 0 saturated carbocycles. The topological polar surface area (TPSA) is 131 Å². The molecule has 1 rings (SSSR count). The van der Waals surface area contributed by atoms with Crippen LogP contribution in [0.25, 0.3) is 0 Å². The minimum Gasteiger partial charge on any atom is -0.480 e. The summed E-state index contributed by atoms with van der Waals surface area (Å²) < 4.78 is 27.4. The monoisotopic (exact) mass is 290 g/mol. The van der Waals surface area contributed by atoms with Crippen molar-refractivity contribution in [3.63, 3.8) is 0 Å². The quantitative estimate of drug-likeness (QED) is 0.788. The predicted octanol–water partition coefficient (Wildman–Crippen LogP) is -0.219. The molecule has 0 spiro atoms. The number of carbonyl (C=O) groups is 2. The van der Waals surface area contributed by atoms with Gasteiger partial charge in [0.1, 0.15) is 16.7 Å². The van der Waals surface area contributed by atoms with Gasteiger partial charge in [0.15, 0.2) is 5.76 Å². The maximum Gasteiger partial charge on any atom is 0.326 e. The lowest BCUT2D eigenvalue weighted by molar-refractivity contribution is -0.141. The Hall–Kier alpha value is -1.87. The molecule has 1 amide bonds. The van der Waals surface area contributed by atoms with Crippen molar-refractivity contribution in [3.05, 3.63) is 17.6 Å². The van der Waals surface area contributed by atoms with Crippen molar-refractivity contribution < 1.29 is 27.5 Å². The van der Waals surface area contributed by atoms with Gasteiger partial charge in [-0.2, -0.15) is 0 Å². The van der Waals surface area contributed by atoms with Crippen molar-refractivity contribution in [2.45, 2.75) is 24.8 Å². The number of carboxylic acids is 1. The van der Waals surface area contributed by atoms with E-state index in [9.17, 15) is 18.0 Å². The number of sulfonamides is 1. The zero-order valence-electron chi connectivity index (χ0n) is 10.6. The summed E-state index contributed by atoms with van der Waals surface area (Å²) in [5, 5.41) is 13.7. The molecule has 0 aliphatic heterocycles. The number of aryl methyl sites for hydroxylation is 1. The van der Waals surface area contributed by atoms with Crippen molar-refractivity contribution in [1.82, 2.24) is 4.90 Å². The number of likely N-dealkylation sites (N-methyl/N-ethyl adjacent to an activating group) is 1. The summed E-state index contributed by atoms with van der Waals surface area (Å²) in [6.45, 7) is 2.66. The molecule has 106 valence electrons. The van der Waals surface area contributed by atoms with Gasteiger partial charge >= 0.3 is 5.97 Å². The maximum atomic E-state index is 11.9. The van der Waals surface area contributed by atoms with Crippen molar-refractivity contribution in [2.24, 2.45) is 5.14 Å². The third-order valence-electron chi connectivity index (χ3n) is 2.65. The molecule has 1 aromatic rings. The Morgan fingerprint density at radius 2 is 2.00 bits per heavy atom. The fourth-order valence-corrected chi connectivity index (χ4v) is 2.08. The molecule has 9 heteroatoms. The number of nitrogens with two attached hydrogens (primary N) is 1. The SMILES string of the molecule is Cc1oc(C(=O)N(C)C(C)C(=O)O)cc1S(N)(=O)=O. The standard InChI is InChI=1S/C10H14N2O6S/c1-5(10(14)15)12(3)9(13)7-4-8(6(2)18-7)19(11,16)17/h4-5H,1-3H3,(H,14,15)(H2,11,16,17). The second kappa shape index (κ2) is 5.02. The summed E-state index contributed by atoms with van der Waals surface area (Å²) >= 11 is 0. The minimum atomic E-state index is -3.99. The highest BCUT2D eigenvalue weighted by atomic mass is 32.2. The lowest BCUT2D eigenvalue weighted by atomic mass is 10.3. The van der Waals surface area contributed by atoms with E-state index >= 15 is 0 Å². The largest absolute Gasteiger partial charge is 0.480 e. The van der Waals surface area contributed by atoms with Crippen molar-refractivity contribution in [1.29, 1.82) is 0 Å². The fourth-order valence-electron chi connectivity index (χ4n) is 1.37. The van der Waals surface area contributed by atoms with E-state index in [1.54, 1.807) is 0 Å². The zero-order valence-corrected chi connectivity index (χ0v) is 11.4. The van der Waals surface area contributed by atoms with Crippen molar-refractivity contribution >= 4 is 21.9 Å². The Morgan fingerprint density at radius 3 is 2.37 bits per heavy atom. The average Bonchev–Trinajstić information content (AvgIpc) is 2.67. The molecule has 8 nitrogen and oxygen atoms in total. The van der Waals surface area contributed by atoms with Crippen LogP contribution in [0.3, 0.4) is 0 Å². The highest BCUT2D eigenvalue weighted by Gasteiger charge is 2.27. The van der Waals surface area contributed by atoms with Gasteiger partial charge in [-0.05, 0) is 13.8 Å². The van der Waals surface area contributed by atoms with E-state index in [0.717, 1.165) is 11.0 Å². The highest BCUT2D eigenvalue weighted by molar-refractivity contribution is 7.89. The third kappa shape index (κ3) is 3.12. The molecule has 1 heterocycles. The average molecular weight is 290 g/mol. The first-order valence-electron chi connectivity index (χ1n) is 5.19. The lowest BCUT2D eigenvalue weighted by Gasteiger charge is -2.19. The number of rotatable bonds is 4. The van der Waals surface area contributed by atoms with Crippen LogP contribution in [0.4, 0.5) is 0 Å². The maximum absolute atomic E-state index is 11.9. The van der Waals surface area contributed by atoms with Crippen molar-refractivity contribution in [2.75, 3.05) is 7.05 Å². The molecule has 0 radical (unpaired) electrons. The van der Waals surface area contributed by atoms with E-state index in [1.165, 1.54) is 20.9 Å². The number of primary sulfonamides is 1. The Kier molecular flexibility index (Phi) is 4.01. The molecule has 0 aliphatic rings. The van der Waals surface area contributed by atoms with Gasteiger partial charge in [0.25, 0.3) is 5.91 Å². The van der Waals surface area contributed by atoms with Crippen LogP contribution in [-0.4, -0.2) is 43.4 Å². The zero-order chi connectivity index (χ0) is 15.0. The van der Waals surface area contributed by atoms with E-state index in [-0.39, 0.29) is 16.4 Å². The molecule has 0 aliphatic carbocycles. The molecule has 1 aromatic heterocycles. The van der Waals surface area contributed by atoms with Crippen LogP contribution in [0.5, 0.6) is 0 Å². The number of carboxylic acid groups (broad SMARTS) is 1. The molecule has 0 fully saturated rings. The minimum absolute atomic E-state index is 0.0257. The Labute approximate surface area is 109 Å². The van der Waals surface area contributed by atoms with E-state index in [1.807, 2.05) is 0 Å². The smallest absolute Gasteiger partial charge is 0.326 e. The first-order chi connectivity index (χ1) is 8.55. The number of hydrogen-bond donors (Lipinski definition) is 2. The van der Waals surface area contributed by atoms with Gasteiger partial charge < -0.3 is 14.4 Å². The van der Waals surface area contributed by atoms with Gasteiger partial charge in [-0.1, -0.05) is 0 Å². The Balaban J connectivity index is 3.12. The molecule has 1 unspecified atom stereocenters. The van der Waals surface area contributed by atoms with Crippen molar-refractivity contribution in [3.8, 4) is 0 Å². The molecule has 19 heavy (non-hydrogen) atoms. The Morgan fingerprint density at radius 1 is 1.47 bits per heavy atom. The normalized spacial score (nSPS) is 13.1. The number of furan rings is 1. The van der Waals surface area contributed by atoms with Gasteiger partial charge in [-0.25, -0.2) is 18.4 Å². The fraction of sp³-hybridized carbons (Fsp3) is 0.400.